The van der Waals surface area contributed by atoms with Gasteiger partial charge in [-0.15, -0.1) is 11.8 Å². The lowest BCUT2D eigenvalue weighted by molar-refractivity contribution is -0.139. The lowest BCUT2D eigenvalue weighted by Crippen LogP contribution is -2.38. The summed E-state index contributed by atoms with van der Waals surface area (Å²) in [5.74, 6) is -0.252. The van der Waals surface area contributed by atoms with Crippen molar-refractivity contribution in [3.05, 3.63) is 70.8 Å². The Bertz CT molecular complexity index is 855. The van der Waals surface area contributed by atoms with E-state index in [0.29, 0.717) is 12.2 Å². The lowest BCUT2D eigenvalue weighted by atomic mass is 9.85. The maximum absolute atomic E-state index is 12.6. The van der Waals surface area contributed by atoms with Crippen molar-refractivity contribution in [2.45, 2.75) is 38.0 Å². The third-order valence-corrected chi connectivity index (χ3v) is 6.08. The van der Waals surface area contributed by atoms with Crippen LogP contribution in [-0.4, -0.2) is 24.2 Å². The highest BCUT2D eigenvalue weighted by molar-refractivity contribution is 8.01. The van der Waals surface area contributed by atoms with Gasteiger partial charge in [-0.1, -0.05) is 63.2 Å². The molecule has 142 valence electrons. The first-order valence-corrected chi connectivity index (χ1v) is 10.1. The molecular formula is C22H25NO3S. The van der Waals surface area contributed by atoms with Crippen molar-refractivity contribution in [1.82, 2.24) is 5.32 Å². The van der Waals surface area contributed by atoms with Crippen LogP contribution in [0.4, 0.5) is 0 Å². The van der Waals surface area contributed by atoms with E-state index in [2.05, 4.69) is 38.2 Å². The molecule has 1 aliphatic heterocycles. The molecule has 3 rings (SSSR count). The second kappa shape index (κ2) is 7.39. The summed E-state index contributed by atoms with van der Waals surface area (Å²) >= 11 is 1.39. The Hall–Kier alpha value is -2.27. The Morgan fingerprint density at radius 1 is 1.11 bits per heavy atom. The molecule has 0 bridgehead atoms. The van der Waals surface area contributed by atoms with E-state index >= 15 is 0 Å². The van der Waals surface area contributed by atoms with Crippen LogP contribution in [0.3, 0.4) is 0 Å². The van der Waals surface area contributed by atoms with Gasteiger partial charge in [0, 0.05) is 11.1 Å². The van der Waals surface area contributed by atoms with Gasteiger partial charge in [0.25, 0.3) is 5.91 Å². The molecule has 4 nitrogen and oxygen atoms in total. The summed E-state index contributed by atoms with van der Waals surface area (Å²) in [6.45, 7) is 8.63. The first-order chi connectivity index (χ1) is 12.8. The number of carbonyl (C=O) groups is 2. The first kappa shape index (κ1) is 19.5. The molecule has 0 saturated heterocycles. The van der Waals surface area contributed by atoms with Gasteiger partial charge >= 0.3 is 5.97 Å². The Balaban J connectivity index is 2.04. The second-order valence-corrected chi connectivity index (χ2v) is 8.79. The predicted molar refractivity (Wildman–Crippen MR) is 109 cm³/mol. The zero-order chi connectivity index (χ0) is 19.7. The van der Waals surface area contributed by atoms with E-state index in [4.69, 9.17) is 4.74 Å². The first-order valence-electron chi connectivity index (χ1n) is 9.10. The SMILES string of the molecule is CCOC(=O)CS[C@]1(c2ccc(C(C)(C)C)cc2)NC(=O)c2ccccc21. The number of amides is 1. The highest BCUT2D eigenvalue weighted by Gasteiger charge is 2.45. The van der Waals surface area contributed by atoms with E-state index in [9.17, 15) is 9.59 Å². The number of ether oxygens (including phenoxy) is 1. The summed E-state index contributed by atoms with van der Waals surface area (Å²) in [4.78, 5) is 23.8. The van der Waals surface area contributed by atoms with E-state index in [-0.39, 0.29) is 23.0 Å². The molecule has 2 aromatic carbocycles. The molecule has 2 aromatic rings. The molecule has 1 N–H and O–H groups in total. The van der Waals surface area contributed by atoms with Gasteiger partial charge in [-0.25, -0.2) is 0 Å². The zero-order valence-corrected chi connectivity index (χ0v) is 17.0. The fourth-order valence-electron chi connectivity index (χ4n) is 3.28. The topological polar surface area (TPSA) is 55.4 Å². The van der Waals surface area contributed by atoms with Gasteiger partial charge in [0.1, 0.15) is 4.87 Å². The molecule has 1 heterocycles. The van der Waals surface area contributed by atoms with Crippen LogP contribution in [0.25, 0.3) is 0 Å². The number of fused-ring (bicyclic) bond motifs is 1. The fraction of sp³-hybridized carbons (Fsp3) is 0.364. The third kappa shape index (κ3) is 3.74. The second-order valence-electron chi connectivity index (χ2n) is 7.60. The van der Waals surface area contributed by atoms with Crippen LogP contribution in [0, 0.1) is 0 Å². The van der Waals surface area contributed by atoms with Crippen LogP contribution < -0.4 is 5.32 Å². The van der Waals surface area contributed by atoms with Crippen LogP contribution in [0.1, 0.15) is 54.7 Å². The van der Waals surface area contributed by atoms with Crippen LogP contribution in [-0.2, 0) is 19.8 Å². The van der Waals surface area contributed by atoms with Crippen LogP contribution in [0.2, 0.25) is 0 Å². The maximum Gasteiger partial charge on any atom is 0.315 e. The molecule has 1 aliphatic rings. The summed E-state index contributed by atoms with van der Waals surface area (Å²) in [5, 5.41) is 3.12. The number of nitrogens with one attached hydrogen (secondary N) is 1. The van der Waals surface area contributed by atoms with Crippen LogP contribution in [0.15, 0.2) is 48.5 Å². The Morgan fingerprint density at radius 2 is 1.78 bits per heavy atom. The summed E-state index contributed by atoms with van der Waals surface area (Å²) in [6, 6.07) is 15.8. The van der Waals surface area contributed by atoms with Crippen LogP contribution >= 0.6 is 11.8 Å². The summed E-state index contributed by atoms with van der Waals surface area (Å²) in [7, 11) is 0. The molecule has 0 fully saturated rings. The molecule has 0 aliphatic carbocycles. The number of esters is 1. The fourth-order valence-corrected chi connectivity index (χ4v) is 4.50. The molecule has 0 unspecified atom stereocenters. The predicted octanol–water partition coefficient (Wildman–Crippen LogP) is 4.22. The Morgan fingerprint density at radius 3 is 2.41 bits per heavy atom. The van der Waals surface area contributed by atoms with E-state index in [1.165, 1.54) is 17.3 Å². The number of benzene rings is 2. The van der Waals surface area contributed by atoms with Crippen molar-refractivity contribution >= 4 is 23.6 Å². The quantitative estimate of drug-likeness (QED) is 0.785. The van der Waals surface area contributed by atoms with Gasteiger partial charge in [-0.2, -0.15) is 0 Å². The number of thioether (sulfide) groups is 1. The summed E-state index contributed by atoms with van der Waals surface area (Å²) < 4.78 is 5.09. The van der Waals surface area contributed by atoms with E-state index < -0.39 is 4.87 Å². The number of carbonyl (C=O) groups excluding carboxylic acids is 2. The van der Waals surface area contributed by atoms with Gasteiger partial charge in [0.2, 0.25) is 0 Å². The van der Waals surface area contributed by atoms with Crippen LogP contribution in [0.5, 0.6) is 0 Å². The summed E-state index contributed by atoms with van der Waals surface area (Å²) in [6.07, 6.45) is 0. The average molecular weight is 384 g/mol. The molecular weight excluding hydrogens is 358 g/mol. The van der Waals surface area contributed by atoms with Gasteiger partial charge in [-0.05, 0) is 29.5 Å². The minimum absolute atomic E-state index is 0.0423. The zero-order valence-electron chi connectivity index (χ0n) is 16.2. The van der Waals surface area contributed by atoms with Crippen molar-refractivity contribution < 1.29 is 14.3 Å². The molecule has 5 heteroatoms. The molecule has 27 heavy (non-hydrogen) atoms. The average Bonchev–Trinajstić information content (AvgIpc) is 2.93. The largest absolute Gasteiger partial charge is 0.465 e. The van der Waals surface area contributed by atoms with Gasteiger partial charge in [0.15, 0.2) is 0 Å². The molecule has 0 aromatic heterocycles. The van der Waals surface area contributed by atoms with Crippen molar-refractivity contribution in [2.75, 3.05) is 12.4 Å². The molecule has 0 saturated carbocycles. The number of hydrogen-bond donors (Lipinski definition) is 1. The van der Waals surface area contributed by atoms with E-state index in [1.54, 1.807) is 6.92 Å². The molecule has 1 amide bonds. The Kier molecular flexibility index (Phi) is 5.33. The van der Waals surface area contributed by atoms with Crippen molar-refractivity contribution in [3.8, 4) is 0 Å². The van der Waals surface area contributed by atoms with Crippen molar-refractivity contribution in [2.24, 2.45) is 0 Å². The standard InChI is InChI=1S/C22H25NO3S/c1-5-26-19(24)14-27-22(16-12-10-15(11-13-16)21(2,3)4)18-9-7-6-8-17(18)20(25)23-22/h6-13H,5,14H2,1-4H3,(H,23,25)/t22-/m0/s1. The Labute approximate surface area is 164 Å². The highest BCUT2D eigenvalue weighted by atomic mass is 32.2. The van der Waals surface area contributed by atoms with Gasteiger partial charge < -0.3 is 10.1 Å². The van der Waals surface area contributed by atoms with E-state index in [1.807, 2.05) is 36.4 Å². The van der Waals surface area contributed by atoms with Gasteiger partial charge in [-0.3, -0.25) is 9.59 Å². The minimum Gasteiger partial charge on any atom is -0.465 e. The van der Waals surface area contributed by atoms with E-state index in [0.717, 1.165) is 11.1 Å². The number of hydrogen-bond acceptors (Lipinski definition) is 4. The highest BCUT2D eigenvalue weighted by Crippen LogP contribution is 2.46. The monoisotopic (exact) mass is 383 g/mol. The lowest BCUT2D eigenvalue weighted by Gasteiger charge is -2.31. The molecule has 1 atom stereocenters. The smallest absolute Gasteiger partial charge is 0.315 e. The number of rotatable bonds is 5. The molecule has 0 spiro atoms. The molecule has 0 radical (unpaired) electrons. The maximum atomic E-state index is 12.6. The minimum atomic E-state index is -0.795. The van der Waals surface area contributed by atoms with Crippen molar-refractivity contribution in [3.63, 3.8) is 0 Å². The third-order valence-electron chi connectivity index (χ3n) is 4.71. The van der Waals surface area contributed by atoms with Crippen molar-refractivity contribution in [1.29, 1.82) is 0 Å². The summed E-state index contributed by atoms with van der Waals surface area (Å²) in [5.41, 5.74) is 3.74. The normalized spacial score (nSPS) is 18.7. The van der Waals surface area contributed by atoms with Gasteiger partial charge in [0.05, 0.1) is 12.4 Å².